The molecular formula is C27H51NO8. The number of rotatable bonds is 18. The predicted molar refractivity (Wildman–Crippen MR) is 139 cm³/mol. The molecule has 7 atom stereocenters. The third-order valence-corrected chi connectivity index (χ3v) is 7.64. The largest absolute Gasteiger partial charge is 0.460 e. The maximum Gasteiger partial charge on any atom is 0.330 e. The topological polar surface area (TPSA) is 127 Å². The van der Waals surface area contributed by atoms with Crippen molar-refractivity contribution in [3.8, 4) is 0 Å². The minimum absolute atomic E-state index is 0.0924. The minimum atomic E-state index is -0.970. The molecule has 0 amide bonds. The van der Waals surface area contributed by atoms with E-state index in [1.54, 1.807) is 0 Å². The van der Waals surface area contributed by atoms with Gasteiger partial charge in [-0.3, -0.25) is 0 Å². The highest BCUT2D eigenvalue weighted by molar-refractivity contribution is 5.81. The van der Waals surface area contributed by atoms with Crippen LogP contribution in [-0.4, -0.2) is 96.4 Å². The van der Waals surface area contributed by atoms with Gasteiger partial charge in [-0.25, -0.2) is 4.79 Å². The van der Waals surface area contributed by atoms with E-state index in [-0.39, 0.29) is 38.4 Å². The first-order chi connectivity index (χ1) is 17.0. The Morgan fingerprint density at radius 2 is 1.86 bits per heavy atom. The fraction of sp³-hybridized carbons (Fsp3) is 0.889. The molecule has 0 aromatic carbocycles. The van der Waals surface area contributed by atoms with Gasteiger partial charge < -0.3 is 39.6 Å². The lowest BCUT2D eigenvalue weighted by molar-refractivity contribution is -0.263. The molecule has 0 aromatic rings. The van der Waals surface area contributed by atoms with Crippen molar-refractivity contribution in [2.75, 3.05) is 33.0 Å². The van der Waals surface area contributed by atoms with Crippen molar-refractivity contribution >= 4 is 5.97 Å². The summed E-state index contributed by atoms with van der Waals surface area (Å²) in [7, 11) is 0. The number of hydrogen-bond acceptors (Lipinski definition) is 9. The fourth-order valence-corrected chi connectivity index (χ4v) is 4.73. The third-order valence-electron chi connectivity index (χ3n) is 7.64. The molecule has 1 rings (SSSR count). The molecule has 0 bridgehead atoms. The molecule has 1 heterocycles. The number of carbonyl (C=O) groups excluding carboxylic acids is 1. The average Bonchev–Trinajstić information content (AvgIpc) is 2.88. The summed E-state index contributed by atoms with van der Waals surface area (Å²) in [5.74, 6) is -0.605. The normalized spacial score (nSPS) is 27.3. The zero-order valence-corrected chi connectivity index (χ0v) is 23.2. The minimum Gasteiger partial charge on any atom is -0.460 e. The third kappa shape index (κ3) is 9.35. The van der Waals surface area contributed by atoms with Crippen LogP contribution < -0.4 is 5.32 Å². The Hall–Kier alpha value is -1.07. The van der Waals surface area contributed by atoms with Crippen LogP contribution in [0.25, 0.3) is 0 Å². The second kappa shape index (κ2) is 16.0. The lowest BCUT2D eigenvalue weighted by Gasteiger charge is -2.52. The lowest BCUT2D eigenvalue weighted by atomic mass is 9.71. The number of ether oxygens (including phenoxy) is 4. The Balaban J connectivity index is 3.26. The van der Waals surface area contributed by atoms with Crippen LogP contribution in [0.4, 0.5) is 0 Å². The van der Waals surface area contributed by atoms with Gasteiger partial charge in [0.25, 0.3) is 0 Å². The maximum atomic E-state index is 11.7. The molecule has 1 aliphatic rings. The number of esters is 1. The van der Waals surface area contributed by atoms with E-state index in [0.717, 1.165) is 38.2 Å². The molecule has 9 nitrogen and oxygen atoms in total. The van der Waals surface area contributed by atoms with Gasteiger partial charge in [0.05, 0.1) is 37.6 Å². The van der Waals surface area contributed by atoms with E-state index >= 15 is 0 Å². The Bertz CT molecular complexity index is 643. The van der Waals surface area contributed by atoms with Gasteiger partial charge in [-0.1, -0.05) is 47.6 Å². The summed E-state index contributed by atoms with van der Waals surface area (Å²) in [4.78, 5) is 11.4. The Kier molecular flexibility index (Phi) is 14.7. The lowest BCUT2D eigenvalue weighted by Crippen LogP contribution is -2.68. The van der Waals surface area contributed by atoms with E-state index in [4.69, 9.17) is 18.9 Å². The molecule has 0 saturated carbocycles. The number of carbonyl (C=O) groups is 1. The molecule has 5 unspecified atom stereocenters. The Morgan fingerprint density at radius 1 is 1.19 bits per heavy atom. The van der Waals surface area contributed by atoms with Crippen LogP contribution in [0.15, 0.2) is 12.7 Å². The first kappa shape index (κ1) is 33.0. The first-order valence-corrected chi connectivity index (χ1v) is 13.4. The SMILES string of the molecule is C=CC(=O)OCC(O)CNC1C(O)[C@@H](OC(C)(CC)CC)C(COCCO)O[C@H]1C(C)(CC)CCC. The molecule has 1 aliphatic heterocycles. The van der Waals surface area contributed by atoms with Crippen molar-refractivity contribution in [2.24, 2.45) is 5.41 Å². The van der Waals surface area contributed by atoms with Gasteiger partial charge in [0.2, 0.25) is 0 Å². The standard InChI is InChI=1S/C27H51NO8/c1-8-13-26(6,10-3)25-22(28-16-19(30)17-34-21(31)9-2)23(32)24(36-27(7,11-4)12-5)20(35-25)18-33-15-14-29/h9,19-20,22-25,28-30,32H,2,8,10-18H2,1,3-7H3/t19?,20?,22?,23?,24-,25+,26?/m0/s1. The van der Waals surface area contributed by atoms with E-state index in [0.29, 0.717) is 0 Å². The molecule has 1 fully saturated rings. The van der Waals surface area contributed by atoms with Crippen molar-refractivity contribution in [1.29, 1.82) is 0 Å². The summed E-state index contributed by atoms with van der Waals surface area (Å²) in [6.07, 6.45) is 1.70. The molecule has 4 N–H and O–H groups in total. The number of hydrogen-bond donors (Lipinski definition) is 4. The van der Waals surface area contributed by atoms with Crippen LogP contribution >= 0.6 is 0 Å². The first-order valence-electron chi connectivity index (χ1n) is 13.4. The zero-order valence-electron chi connectivity index (χ0n) is 23.2. The second-order valence-electron chi connectivity index (χ2n) is 10.3. The van der Waals surface area contributed by atoms with Gasteiger partial charge in [0, 0.05) is 12.6 Å². The molecule has 0 aromatic heterocycles. The molecule has 0 aliphatic carbocycles. The maximum absolute atomic E-state index is 11.7. The van der Waals surface area contributed by atoms with E-state index in [1.165, 1.54) is 0 Å². The Morgan fingerprint density at radius 3 is 2.39 bits per heavy atom. The van der Waals surface area contributed by atoms with Crippen molar-refractivity contribution in [3.63, 3.8) is 0 Å². The van der Waals surface area contributed by atoms with Crippen LogP contribution in [0.3, 0.4) is 0 Å². The summed E-state index contributed by atoms with van der Waals surface area (Å²) in [5, 5.41) is 34.6. The van der Waals surface area contributed by atoms with E-state index in [9.17, 15) is 20.1 Å². The Labute approximate surface area is 217 Å². The van der Waals surface area contributed by atoms with Crippen molar-refractivity contribution in [2.45, 2.75) is 116 Å². The molecule has 212 valence electrons. The monoisotopic (exact) mass is 517 g/mol. The molecule has 1 saturated heterocycles. The molecule has 9 heteroatoms. The van der Waals surface area contributed by atoms with Crippen LogP contribution in [0, 0.1) is 5.41 Å². The molecule has 0 radical (unpaired) electrons. The smallest absolute Gasteiger partial charge is 0.330 e. The van der Waals surface area contributed by atoms with E-state index < -0.39 is 48.1 Å². The second-order valence-corrected chi connectivity index (χ2v) is 10.3. The van der Waals surface area contributed by atoms with E-state index in [2.05, 4.69) is 32.7 Å². The molecular weight excluding hydrogens is 466 g/mol. The van der Waals surface area contributed by atoms with Crippen molar-refractivity contribution in [1.82, 2.24) is 5.32 Å². The molecule has 36 heavy (non-hydrogen) atoms. The molecule has 0 spiro atoms. The van der Waals surface area contributed by atoms with E-state index in [1.807, 2.05) is 20.8 Å². The number of aliphatic hydroxyl groups is 3. The highest BCUT2D eigenvalue weighted by Crippen LogP contribution is 2.41. The number of aliphatic hydroxyl groups excluding tert-OH is 3. The highest BCUT2D eigenvalue weighted by atomic mass is 16.6. The summed E-state index contributed by atoms with van der Waals surface area (Å²) in [6, 6.07) is -0.539. The number of nitrogens with one attached hydrogen (secondary N) is 1. The summed E-state index contributed by atoms with van der Waals surface area (Å²) < 4.78 is 23.8. The average molecular weight is 518 g/mol. The summed E-state index contributed by atoms with van der Waals surface area (Å²) >= 11 is 0. The van der Waals surface area contributed by atoms with Crippen molar-refractivity contribution in [3.05, 3.63) is 12.7 Å². The van der Waals surface area contributed by atoms with Gasteiger partial charge >= 0.3 is 5.97 Å². The summed E-state index contributed by atoms with van der Waals surface area (Å²) in [6.45, 7) is 16.0. The fourth-order valence-electron chi connectivity index (χ4n) is 4.73. The van der Waals surface area contributed by atoms with Crippen LogP contribution in [-0.2, 0) is 23.7 Å². The van der Waals surface area contributed by atoms with Crippen molar-refractivity contribution < 1.29 is 39.1 Å². The van der Waals surface area contributed by atoms with Gasteiger partial charge in [-0.2, -0.15) is 0 Å². The quantitative estimate of drug-likeness (QED) is 0.123. The summed E-state index contributed by atoms with van der Waals surface area (Å²) in [5.41, 5.74) is -0.718. The van der Waals surface area contributed by atoms with Gasteiger partial charge in [-0.15, -0.1) is 0 Å². The zero-order chi connectivity index (χ0) is 27.4. The van der Waals surface area contributed by atoms with Gasteiger partial charge in [0.15, 0.2) is 0 Å². The van der Waals surface area contributed by atoms with Gasteiger partial charge in [-0.05, 0) is 38.0 Å². The van der Waals surface area contributed by atoms with Crippen LogP contribution in [0.5, 0.6) is 0 Å². The van der Waals surface area contributed by atoms with Crippen LogP contribution in [0.1, 0.15) is 73.6 Å². The van der Waals surface area contributed by atoms with Gasteiger partial charge in [0.1, 0.15) is 31.0 Å². The predicted octanol–water partition coefficient (Wildman–Crippen LogP) is 2.35. The highest BCUT2D eigenvalue weighted by Gasteiger charge is 2.52. The van der Waals surface area contributed by atoms with Crippen LogP contribution in [0.2, 0.25) is 0 Å².